The number of hydrogen-bond acceptors (Lipinski definition) is 4. The highest BCUT2D eigenvalue weighted by atomic mass is 127. The topological polar surface area (TPSA) is 68.8 Å². The van der Waals surface area contributed by atoms with E-state index in [1.165, 1.54) is 56.7 Å². The molecule has 2 rings (SSSR count). The minimum absolute atomic E-state index is 0. The first kappa shape index (κ1) is 24.2. The van der Waals surface area contributed by atoms with Crippen molar-refractivity contribution in [2.75, 3.05) is 46.3 Å². The first-order valence-corrected chi connectivity index (χ1v) is 10.7. The molecule has 27 heavy (non-hydrogen) atoms. The van der Waals surface area contributed by atoms with Crippen LogP contribution in [0.15, 0.2) is 22.5 Å². The van der Waals surface area contributed by atoms with Crippen LogP contribution in [0.1, 0.15) is 48.2 Å². The van der Waals surface area contributed by atoms with Gasteiger partial charge in [0.05, 0.1) is 4.88 Å². The molecule has 0 spiro atoms. The molecule has 1 saturated heterocycles. The van der Waals surface area contributed by atoms with Gasteiger partial charge in [0, 0.05) is 26.7 Å². The Bertz CT molecular complexity index is 530. The van der Waals surface area contributed by atoms with Crippen LogP contribution in [-0.4, -0.2) is 63.1 Å². The minimum atomic E-state index is 0. The van der Waals surface area contributed by atoms with Gasteiger partial charge in [0.1, 0.15) is 0 Å². The average Bonchev–Trinajstić information content (AvgIpc) is 3.08. The Morgan fingerprint density at radius 1 is 1.07 bits per heavy atom. The van der Waals surface area contributed by atoms with Crippen LogP contribution in [0.5, 0.6) is 0 Å². The third-order valence-corrected chi connectivity index (χ3v) is 5.41. The number of hydrogen-bond donors (Lipinski definition) is 3. The zero-order valence-electron chi connectivity index (χ0n) is 16.3. The molecule has 2 heterocycles. The fourth-order valence-electron chi connectivity index (χ4n) is 3.08. The number of likely N-dealkylation sites (tertiary alicyclic amines) is 1. The fraction of sp³-hybridized carbons (Fsp3) is 0.684. The predicted molar refractivity (Wildman–Crippen MR) is 126 cm³/mol. The summed E-state index contributed by atoms with van der Waals surface area (Å²) in [5.41, 5.74) is 0. The summed E-state index contributed by atoms with van der Waals surface area (Å²) in [6, 6.07) is 3.74. The molecule has 0 saturated carbocycles. The van der Waals surface area contributed by atoms with Gasteiger partial charge in [-0.25, -0.2) is 0 Å². The number of thiophene rings is 1. The van der Waals surface area contributed by atoms with Crippen LogP contribution >= 0.6 is 35.3 Å². The Morgan fingerprint density at radius 3 is 2.37 bits per heavy atom. The highest BCUT2D eigenvalue weighted by molar-refractivity contribution is 14.0. The Kier molecular flexibility index (Phi) is 13.5. The molecule has 154 valence electrons. The second kappa shape index (κ2) is 15.1. The maximum Gasteiger partial charge on any atom is 0.261 e. The summed E-state index contributed by atoms with van der Waals surface area (Å²) < 4.78 is 0. The van der Waals surface area contributed by atoms with Crippen molar-refractivity contribution in [1.29, 1.82) is 0 Å². The van der Waals surface area contributed by atoms with Crippen molar-refractivity contribution < 1.29 is 4.79 Å². The van der Waals surface area contributed by atoms with Gasteiger partial charge in [-0.2, -0.15) is 0 Å². The number of guanidine groups is 1. The number of nitrogens with zero attached hydrogens (tertiary/aromatic N) is 2. The number of carbonyl (C=O) groups excluding carboxylic acids is 1. The number of halogens is 1. The zero-order chi connectivity index (χ0) is 18.5. The van der Waals surface area contributed by atoms with Crippen LogP contribution in [0, 0.1) is 0 Å². The van der Waals surface area contributed by atoms with Crippen LogP contribution in [-0.2, 0) is 0 Å². The monoisotopic (exact) mass is 507 g/mol. The van der Waals surface area contributed by atoms with E-state index in [4.69, 9.17) is 0 Å². The second-order valence-electron chi connectivity index (χ2n) is 6.62. The SMILES string of the molecule is CN=C(NCCCNC(=O)c1cccs1)NCCCN1CCCCCC1.I. The molecule has 0 unspecified atom stereocenters. The predicted octanol–water partition coefficient (Wildman–Crippen LogP) is 2.92. The molecule has 1 aliphatic heterocycles. The number of amides is 1. The summed E-state index contributed by atoms with van der Waals surface area (Å²) >= 11 is 1.47. The van der Waals surface area contributed by atoms with Crippen molar-refractivity contribution in [3.63, 3.8) is 0 Å². The normalized spacial score (nSPS) is 15.5. The van der Waals surface area contributed by atoms with E-state index in [9.17, 15) is 4.79 Å². The van der Waals surface area contributed by atoms with Gasteiger partial charge in [0.25, 0.3) is 5.91 Å². The number of nitrogens with one attached hydrogen (secondary N) is 3. The van der Waals surface area contributed by atoms with E-state index >= 15 is 0 Å². The first-order chi connectivity index (χ1) is 12.8. The van der Waals surface area contributed by atoms with Crippen LogP contribution in [0.2, 0.25) is 0 Å². The van der Waals surface area contributed by atoms with Crippen LogP contribution in [0.4, 0.5) is 0 Å². The number of aliphatic imine (C=N–C) groups is 1. The maximum atomic E-state index is 11.8. The van der Waals surface area contributed by atoms with Gasteiger partial charge in [-0.15, -0.1) is 35.3 Å². The summed E-state index contributed by atoms with van der Waals surface area (Å²) in [5.74, 6) is 0.849. The van der Waals surface area contributed by atoms with Crippen molar-refractivity contribution >= 4 is 47.2 Å². The Balaban J connectivity index is 0.00000364. The lowest BCUT2D eigenvalue weighted by Gasteiger charge is -2.20. The highest BCUT2D eigenvalue weighted by Crippen LogP contribution is 2.09. The standard InChI is InChI=1S/C19H33N5OS.HI/c1-20-19(23-12-8-15-24-13-4-2-3-5-14-24)22-11-7-10-21-18(25)17-9-6-16-26-17;/h6,9,16H,2-5,7-8,10-15H2,1H3,(H,21,25)(H2,20,22,23);1H. The summed E-state index contributed by atoms with van der Waals surface area (Å²) in [5, 5.41) is 11.5. The van der Waals surface area contributed by atoms with Crippen LogP contribution < -0.4 is 16.0 Å². The van der Waals surface area contributed by atoms with Gasteiger partial charge in [-0.3, -0.25) is 9.79 Å². The summed E-state index contributed by atoms with van der Waals surface area (Å²) in [4.78, 5) is 19.4. The minimum Gasteiger partial charge on any atom is -0.356 e. The van der Waals surface area contributed by atoms with Gasteiger partial charge in [0.15, 0.2) is 5.96 Å². The van der Waals surface area contributed by atoms with Crippen molar-refractivity contribution in [3.8, 4) is 0 Å². The largest absolute Gasteiger partial charge is 0.356 e. The van der Waals surface area contributed by atoms with E-state index in [1.807, 2.05) is 17.5 Å². The smallest absolute Gasteiger partial charge is 0.261 e. The lowest BCUT2D eigenvalue weighted by atomic mass is 10.2. The average molecular weight is 507 g/mol. The van der Waals surface area contributed by atoms with Gasteiger partial charge < -0.3 is 20.9 Å². The summed E-state index contributed by atoms with van der Waals surface area (Å²) in [6.07, 6.45) is 7.47. The van der Waals surface area contributed by atoms with E-state index in [1.54, 1.807) is 7.05 Å². The third kappa shape index (κ3) is 10.3. The summed E-state index contributed by atoms with van der Waals surface area (Å²) in [6.45, 7) is 6.06. The Hall–Kier alpha value is -0.870. The molecule has 0 atom stereocenters. The van der Waals surface area contributed by atoms with Crippen molar-refractivity contribution in [3.05, 3.63) is 22.4 Å². The van der Waals surface area contributed by atoms with Crippen LogP contribution in [0.3, 0.4) is 0 Å². The molecule has 1 fully saturated rings. The maximum absolute atomic E-state index is 11.8. The van der Waals surface area contributed by atoms with Crippen molar-refractivity contribution in [2.45, 2.75) is 38.5 Å². The van der Waals surface area contributed by atoms with Crippen LogP contribution in [0.25, 0.3) is 0 Å². The van der Waals surface area contributed by atoms with E-state index in [2.05, 4.69) is 25.8 Å². The first-order valence-electron chi connectivity index (χ1n) is 9.78. The van der Waals surface area contributed by atoms with Gasteiger partial charge >= 0.3 is 0 Å². The molecule has 8 heteroatoms. The highest BCUT2D eigenvalue weighted by Gasteiger charge is 2.08. The molecular formula is C19H34IN5OS. The van der Waals surface area contributed by atoms with E-state index in [0.29, 0.717) is 6.54 Å². The summed E-state index contributed by atoms with van der Waals surface area (Å²) in [7, 11) is 1.79. The van der Waals surface area contributed by atoms with Crippen molar-refractivity contribution in [2.24, 2.45) is 4.99 Å². The molecule has 3 N–H and O–H groups in total. The second-order valence-corrected chi connectivity index (χ2v) is 7.57. The molecule has 1 aromatic rings. The fourth-order valence-corrected chi connectivity index (χ4v) is 3.72. The van der Waals surface area contributed by atoms with Gasteiger partial charge in [-0.05, 0) is 56.8 Å². The number of rotatable bonds is 9. The molecule has 0 aliphatic carbocycles. The molecule has 0 aromatic carbocycles. The lowest BCUT2D eigenvalue weighted by molar-refractivity contribution is 0.0957. The molecule has 1 aromatic heterocycles. The van der Waals surface area contributed by atoms with E-state index in [-0.39, 0.29) is 29.9 Å². The lowest BCUT2D eigenvalue weighted by Crippen LogP contribution is -2.40. The Morgan fingerprint density at radius 2 is 1.74 bits per heavy atom. The molecule has 1 amide bonds. The third-order valence-electron chi connectivity index (χ3n) is 4.54. The van der Waals surface area contributed by atoms with E-state index in [0.717, 1.165) is 36.8 Å². The molecule has 1 aliphatic rings. The van der Waals surface area contributed by atoms with Gasteiger partial charge in [0.2, 0.25) is 0 Å². The van der Waals surface area contributed by atoms with E-state index < -0.39 is 0 Å². The molecule has 6 nitrogen and oxygen atoms in total. The molecular weight excluding hydrogens is 473 g/mol. The van der Waals surface area contributed by atoms with Gasteiger partial charge in [-0.1, -0.05) is 18.9 Å². The zero-order valence-corrected chi connectivity index (χ0v) is 19.5. The van der Waals surface area contributed by atoms with Crippen molar-refractivity contribution in [1.82, 2.24) is 20.9 Å². The molecule has 0 bridgehead atoms. The molecule has 0 radical (unpaired) electrons. The number of carbonyl (C=O) groups is 1. The quantitative estimate of drug-likeness (QED) is 0.208. The Labute approximate surface area is 184 Å².